The first-order valence-electron chi connectivity index (χ1n) is 4.33. The molecule has 2 rings (SSSR count). The zero-order valence-corrected chi connectivity index (χ0v) is 11.3. The normalized spacial score (nSPS) is 11.6. The molecular weight excluding hydrogens is 341 g/mol. The number of halogens is 1. The van der Waals surface area contributed by atoms with E-state index in [1.54, 1.807) is 12.3 Å². The van der Waals surface area contributed by atoms with E-state index in [9.17, 15) is 8.42 Å². The van der Waals surface area contributed by atoms with E-state index in [1.165, 1.54) is 17.1 Å². The van der Waals surface area contributed by atoms with Crippen LogP contribution in [-0.2, 0) is 9.84 Å². The number of hydrogen-bond donors (Lipinski definition) is 0. The van der Waals surface area contributed by atoms with Gasteiger partial charge in [-0.25, -0.2) is 18.1 Å². The Morgan fingerprint density at radius 2 is 2.06 bits per heavy atom. The Hall–Kier alpha value is -0.960. The third kappa shape index (κ3) is 2.40. The lowest BCUT2D eigenvalue weighted by Gasteiger charge is -1.98. The van der Waals surface area contributed by atoms with E-state index in [2.05, 4.69) is 32.7 Å². The Balaban J connectivity index is 2.43. The summed E-state index contributed by atoms with van der Waals surface area (Å²) in [6.45, 7) is 0. The standard InChI is InChI=1S/C9H8IN3O2S/c1-16(14,15)8-5-12-13(6-8)9-3-2-7(10)4-11-9/h2-6H,1H3. The van der Waals surface area contributed by atoms with Gasteiger partial charge in [-0.15, -0.1) is 0 Å². The van der Waals surface area contributed by atoms with Gasteiger partial charge in [0, 0.05) is 16.0 Å². The second-order valence-electron chi connectivity index (χ2n) is 3.23. The van der Waals surface area contributed by atoms with Crippen LogP contribution in [0.4, 0.5) is 0 Å². The quantitative estimate of drug-likeness (QED) is 0.766. The molecule has 0 N–H and O–H groups in total. The molecule has 0 amide bonds. The number of pyridine rings is 1. The van der Waals surface area contributed by atoms with Crippen molar-refractivity contribution in [3.05, 3.63) is 34.3 Å². The van der Waals surface area contributed by atoms with Crippen LogP contribution in [-0.4, -0.2) is 29.4 Å². The summed E-state index contributed by atoms with van der Waals surface area (Å²) < 4.78 is 25.0. The first-order valence-corrected chi connectivity index (χ1v) is 7.30. The molecular formula is C9H8IN3O2S. The SMILES string of the molecule is CS(=O)(=O)c1cnn(-c2ccc(I)cn2)c1. The Bertz CT molecular complexity index is 604. The van der Waals surface area contributed by atoms with Gasteiger partial charge in [0.15, 0.2) is 15.7 Å². The molecule has 0 saturated carbocycles. The monoisotopic (exact) mass is 349 g/mol. The minimum Gasteiger partial charge on any atom is -0.236 e. The van der Waals surface area contributed by atoms with Crippen LogP contribution in [0, 0.1) is 3.57 Å². The molecule has 0 aliphatic heterocycles. The molecule has 2 aromatic rings. The summed E-state index contributed by atoms with van der Waals surface area (Å²) >= 11 is 2.15. The molecule has 5 nitrogen and oxygen atoms in total. The highest BCUT2D eigenvalue weighted by Gasteiger charge is 2.10. The maximum atomic E-state index is 11.3. The van der Waals surface area contributed by atoms with Crippen molar-refractivity contribution >= 4 is 32.4 Å². The largest absolute Gasteiger partial charge is 0.236 e. The highest BCUT2D eigenvalue weighted by molar-refractivity contribution is 14.1. The minimum atomic E-state index is -3.21. The van der Waals surface area contributed by atoms with Crippen LogP contribution >= 0.6 is 22.6 Å². The van der Waals surface area contributed by atoms with Crippen molar-refractivity contribution in [3.63, 3.8) is 0 Å². The van der Waals surface area contributed by atoms with Gasteiger partial charge in [0.1, 0.15) is 4.90 Å². The predicted octanol–water partition coefficient (Wildman–Crippen LogP) is 1.28. The van der Waals surface area contributed by atoms with Crippen LogP contribution < -0.4 is 0 Å². The summed E-state index contributed by atoms with van der Waals surface area (Å²) in [5.41, 5.74) is 0. The zero-order valence-electron chi connectivity index (χ0n) is 8.33. The average Bonchev–Trinajstić information content (AvgIpc) is 2.67. The summed E-state index contributed by atoms with van der Waals surface area (Å²) in [4.78, 5) is 4.33. The molecule has 0 atom stereocenters. The van der Waals surface area contributed by atoms with Gasteiger partial charge in [-0.1, -0.05) is 0 Å². The second-order valence-corrected chi connectivity index (χ2v) is 6.49. The Morgan fingerprint density at radius 3 is 2.56 bits per heavy atom. The van der Waals surface area contributed by atoms with Crippen molar-refractivity contribution in [1.82, 2.24) is 14.8 Å². The Morgan fingerprint density at radius 1 is 1.31 bits per heavy atom. The van der Waals surface area contributed by atoms with Gasteiger partial charge in [-0.05, 0) is 34.7 Å². The van der Waals surface area contributed by atoms with Crippen LogP contribution in [0.1, 0.15) is 0 Å². The molecule has 0 radical (unpaired) electrons. The van der Waals surface area contributed by atoms with Crippen LogP contribution in [0.2, 0.25) is 0 Å². The highest BCUT2D eigenvalue weighted by atomic mass is 127. The molecule has 16 heavy (non-hydrogen) atoms. The fourth-order valence-electron chi connectivity index (χ4n) is 1.13. The summed E-state index contributed by atoms with van der Waals surface area (Å²) in [7, 11) is -3.21. The molecule has 0 aliphatic carbocycles. The Kier molecular flexibility index (Phi) is 2.98. The minimum absolute atomic E-state index is 0.188. The third-order valence-electron chi connectivity index (χ3n) is 1.93. The van der Waals surface area contributed by atoms with E-state index in [1.807, 2.05) is 6.07 Å². The second kappa shape index (κ2) is 4.13. The van der Waals surface area contributed by atoms with Gasteiger partial charge >= 0.3 is 0 Å². The van der Waals surface area contributed by atoms with Gasteiger partial charge in [-0.2, -0.15) is 5.10 Å². The lowest BCUT2D eigenvalue weighted by molar-refractivity contribution is 0.602. The molecule has 84 valence electrons. The van der Waals surface area contributed by atoms with Crippen LogP contribution in [0.5, 0.6) is 0 Å². The molecule has 0 spiro atoms. The van der Waals surface area contributed by atoms with Gasteiger partial charge in [0.25, 0.3) is 0 Å². The molecule has 0 aromatic carbocycles. The lowest BCUT2D eigenvalue weighted by Crippen LogP contribution is -1.98. The van der Waals surface area contributed by atoms with Crippen molar-refractivity contribution in [3.8, 4) is 5.82 Å². The maximum Gasteiger partial charge on any atom is 0.178 e. The first kappa shape index (κ1) is 11.5. The molecule has 0 unspecified atom stereocenters. The fourth-order valence-corrected chi connectivity index (χ4v) is 1.98. The number of sulfone groups is 1. The van der Waals surface area contributed by atoms with Crippen molar-refractivity contribution in [2.75, 3.05) is 6.26 Å². The van der Waals surface area contributed by atoms with Crippen molar-refractivity contribution < 1.29 is 8.42 Å². The summed E-state index contributed by atoms with van der Waals surface area (Å²) in [6.07, 6.45) is 5.60. The number of aromatic nitrogens is 3. The van der Waals surface area contributed by atoms with Crippen LogP contribution in [0.3, 0.4) is 0 Å². The molecule has 0 aliphatic rings. The topological polar surface area (TPSA) is 64.8 Å². The summed E-state index contributed by atoms with van der Waals surface area (Å²) in [6, 6.07) is 3.66. The fraction of sp³-hybridized carbons (Fsp3) is 0.111. The van der Waals surface area contributed by atoms with E-state index < -0.39 is 9.84 Å². The van der Waals surface area contributed by atoms with Crippen molar-refractivity contribution in [2.24, 2.45) is 0 Å². The maximum absolute atomic E-state index is 11.3. The summed E-state index contributed by atoms with van der Waals surface area (Å²) in [5.74, 6) is 0.593. The molecule has 0 fully saturated rings. The van der Waals surface area contributed by atoms with E-state index in [4.69, 9.17) is 0 Å². The van der Waals surface area contributed by atoms with Crippen LogP contribution in [0.25, 0.3) is 5.82 Å². The van der Waals surface area contributed by atoms with Gasteiger partial charge in [-0.3, -0.25) is 0 Å². The molecule has 7 heteroatoms. The zero-order chi connectivity index (χ0) is 11.8. The number of rotatable bonds is 2. The average molecular weight is 349 g/mol. The van der Waals surface area contributed by atoms with Gasteiger partial charge in [0.2, 0.25) is 0 Å². The highest BCUT2D eigenvalue weighted by Crippen LogP contribution is 2.11. The molecule has 0 bridgehead atoms. The third-order valence-corrected chi connectivity index (χ3v) is 3.64. The van der Waals surface area contributed by atoms with E-state index in [0.29, 0.717) is 5.82 Å². The van der Waals surface area contributed by atoms with Gasteiger partial charge < -0.3 is 0 Å². The number of hydrogen-bond acceptors (Lipinski definition) is 4. The smallest absolute Gasteiger partial charge is 0.178 e. The summed E-state index contributed by atoms with van der Waals surface area (Å²) in [5, 5.41) is 3.96. The van der Waals surface area contributed by atoms with Gasteiger partial charge in [0.05, 0.1) is 12.4 Å². The number of nitrogens with zero attached hydrogens (tertiary/aromatic N) is 3. The molecule has 0 saturated heterocycles. The lowest BCUT2D eigenvalue weighted by atomic mass is 10.5. The van der Waals surface area contributed by atoms with E-state index in [-0.39, 0.29) is 4.90 Å². The van der Waals surface area contributed by atoms with Crippen molar-refractivity contribution in [1.29, 1.82) is 0 Å². The molecule has 2 heterocycles. The van der Waals surface area contributed by atoms with E-state index in [0.717, 1.165) is 9.83 Å². The Labute approximate surface area is 107 Å². The predicted molar refractivity (Wildman–Crippen MR) is 67.2 cm³/mol. The van der Waals surface area contributed by atoms with Crippen molar-refractivity contribution in [2.45, 2.75) is 4.90 Å². The molecule has 2 aromatic heterocycles. The van der Waals surface area contributed by atoms with E-state index >= 15 is 0 Å². The first-order chi connectivity index (χ1) is 7.47. The van der Waals surface area contributed by atoms with Crippen LogP contribution in [0.15, 0.2) is 35.6 Å².